The lowest BCUT2D eigenvalue weighted by Crippen LogP contribution is -2.44. The number of amides is 3. The van der Waals surface area contributed by atoms with Crippen LogP contribution in [0.2, 0.25) is 0 Å². The second-order valence-corrected chi connectivity index (χ2v) is 5.68. The van der Waals surface area contributed by atoms with Crippen LogP contribution in [0.5, 0.6) is 0 Å². The average Bonchev–Trinajstić information content (AvgIpc) is 2.44. The zero-order valence-electron chi connectivity index (χ0n) is 13.0. The molecule has 5 N–H and O–H groups in total. The summed E-state index contributed by atoms with van der Waals surface area (Å²) in [6.45, 7) is 5.65. The van der Waals surface area contributed by atoms with E-state index in [0.29, 0.717) is 5.69 Å². The third-order valence-electron chi connectivity index (χ3n) is 3.20. The highest BCUT2D eigenvalue weighted by Gasteiger charge is 2.26. The van der Waals surface area contributed by atoms with Gasteiger partial charge in [-0.05, 0) is 38.5 Å². The Morgan fingerprint density at radius 1 is 1.33 bits per heavy atom. The molecule has 116 valence electrons. The number of nitrogens with two attached hydrogens (primary N) is 1. The van der Waals surface area contributed by atoms with E-state index in [2.05, 4.69) is 16.0 Å². The van der Waals surface area contributed by atoms with Crippen molar-refractivity contribution in [3.05, 3.63) is 29.8 Å². The number of hydrogen-bond donors (Lipinski definition) is 4. The van der Waals surface area contributed by atoms with Crippen LogP contribution in [0.4, 0.5) is 10.5 Å². The number of anilines is 1. The molecule has 0 aromatic heterocycles. The van der Waals surface area contributed by atoms with Gasteiger partial charge in [0, 0.05) is 25.3 Å². The van der Waals surface area contributed by atoms with Gasteiger partial charge in [0.2, 0.25) is 5.91 Å². The fourth-order valence-corrected chi connectivity index (χ4v) is 1.79. The van der Waals surface area contributed by atoms with Crippen LogP contribution in [-0.2, 0) is 4.79 Å². The smallest absolute Gasteiger partial charge is 0.319 e. The number of benzene rings is 1. The molecule has 0 radical (unpaired) electrons. The number of carbonyl (C=O) groups is 2. The Balaban J connectivity index is 2.58. The van der Waals surface area contributed by atoms with Gasteiger partial charge in [0.15, 0.2) is 0 Å². The van der Waals surface area contributed by atoms with E-state index in [4.69, 9.17) is 5.73 Å². The second-order valence-electron chi connectivity index (χ2n) is 5.68. The molecular weight excluding hydrogens is 268 g/mol. The molecule has 21 heavy (non-hydrogen) atoms. The molecule has 0 bridgehead atoms. The minimum absolute atomic E-state index is 0.0954. The summed E-state index contributed by atoms with van der Waals surface area (Å²) in [4.78, 5) is 23.5. The first-order chi connectivity index (χ1) is 9.76. The maximum absolute atomic E-state index is 11.9. The SMILES string of the molecule is CNC(=O)C(C)(C)CNC(=O)Nc1cccc(C(C)N)c1. The van der Waals surface area contributed by atoms with E-state index in [1.807, 2.05) is 25.1 Å². The van der Waals surface area contributed by atoms with E-state index in [0.717, 1.165) is 5.56 Å². The van der Waals surface area contributed by atoms with E-state index in [-0.39, 0.29) is 24.5 Å². The fourth-order valence-electron chi connectivity index (χ4n) is 1.79. The van der Waals surface area contributed by atoms with Crippen LogP contribution in [0.1, 0.15) is 32.4 Å². The number of urea groups is 1. The first kappa shape index (κ1) is 17.0. The van der Waals surface area contributed by atoms with Gasteiger partial charge in [-0.2, -0.15) is 0 Å². The first-order valence-corrected chi connectivity index (χ1v) is 6.89. The van der Waals surface area contributed by atoms with Gasteiger partial charge < -0.3 is 21.7 Å². The van der Waals surface area contributed by atoms with Crippen LogP contribution in [0.3, 0.4) is 0 Å². The maximum Gasteiger partial charge on any atom is 0.319 e. The van der Waals surface area contributed by atoms with E-state index < -0.39 is 5.41 Å². The number of rotatable bonds is 5. The molecule has 1 rings (SSSR count). The summed E-state index contributed by atoms with van der Waals surface area (Å²) in [7, 11) is 1.57. The Labute approximate surface area is 125 Å². The summed E-state index contributed by atoms with van der Waals surface area (Å²) in [6, 6.07) is 6.91. The van der Waals surface area contributed by atoms with Crippen molar-refractivity contribution in [1.82, 2.24) is 10.6 Å². The third kappa shape index (κ3) is 5.07. The summed E-state index contributed by atoms with van der Waals surface area (Å²) in [5.41, 5.74) is 6.75. The van der Waals surface area contributed by atoms with Gasteiger partial charge in [0.1, 0.15) is 0 Å². The van der Waals surface area contributed by atoms with Crippen molar-refractivity contribution in [2.75, 3.05) is 18.9 Å². The average molecular weight is 292 g/mol. The molecule has 0 saturated heterocycles. The van der Waals surface area contributed by atoms with Crippen LogP contribution in [0.25, 0.3) is 0 Å². The van der Waals surface area contributed by atoms with Crippen molar-refractivity contribution in [2.45, 2.75) is 26.8 Å². The summed E-state index contributed by atoms with van der Waals surface area (Å²) < 4.78 is 0. The third-order valence-corrected chi connectivity index (χ3v) is 3.20. The molecular formula is C15H24N4O2. The quantitative estimate of drug-likeness (QED) is 0.663. The van der Waals surface area contributed by atoms with Crippen molar-refractivity contribution < 1.29 is 9.59 Å². The highest BCUT2D eigenvalue weighted by atomic mass is 16.2. The highest BCUT2D eigenvalue weighted by Crippen LogP contribution is 2.16. The summed E-state index contributed by atoms with van der Waals surface area (Å²) in [5, 5.41) is 8.00. The van der Waals surface area contributed by atoms with Crippen molar-refractivity contribution in [1.29, 1.82) is 0 Å². The van der Waals surface area contributed by atoms with Crippen molar-refractivity contribution >= 4 is 17.6 Å². The number of carbonyl (C=O) groups excluding carboxylic acids is 2. The van der Waals surface area contributed by atoms with Gasteiger partial charge in [-0.1, -0.05) is 12.1 Å². The minimum Gasteiger partial charge on any atom is -0.359 e. The van der Waals surface area contributed by atoms with Crippen molar-refractivity contribution in [3.8, 4) is 0 Å². The van der Waals surface area contributed by atoms with Gasteiger partial charge in [-0.15, -0.1) is 0 Å². The van der Waals surface area contributed by atoms with Crippen LogP contribution >= 0.6 is 0 Å². The lowest BCUT2D eigenvalue weighted by molar-refractivity contribution is -0.128. The summed E-state index contributed by atoms with van der Waals surface area (Å²) in [6.07, 6.45) is 0. The van der Waals surface area contributed by atoms with Gasteiger partial charge >= 0.3 is 6.03 Å². The Morgan fingerprint density at radius 3 is 2.57 bits per heavy atom. The zero-order valence-corrected chi connectivity index (χ0v) is 13.0. The van der Waals surface area contributed by atoms with Gasteiger partial charge in [0.05, 0.1) is 5.41 Å². The highest BCUT2D eigenvalue weighted by molar-refractivity contribution is 5.90. The lowest BCUT2D eigenvalue weighted by atomic mass is 9.92. The molecule has 1 unspecified atom stereocenters. The monoisotopic (exact) mass is 292 g/mol. The number of nitrogens with one attached hydrogen (secondary N) is 3. The maximum atomic E-state index is 11.9. The zero-order chi connectivity index (χ0) is 16.0. The largest absolute Gasteiger partial charge is 0.359 e. The Hall–Kier alpha value is -2.08. The molecule has 1 aromatic rings. The molecule has 6 heteroatoms. The van der Waals surface area contributed by atoms with Crippen molar-refractivity contribution in [3.63, 3.8) is 0 Å². The van der Waals surface area contributed by atoms with E-state index in [9.17, 15) is 9.59 Å². The Kier molecular flexibility index (Phi) is 5.72. The normalized spacial score (nSPS) is 12.4. The van der Waals surface area contributed by atoms with Crippen LogP contribution in [0, 0.1) is 5.41 Å². The predicted octanol–water partition coefficient (Wildman–Crippen LogP) is 1.60. The second kappa shape index (κ2) is 7.08. The van der Waals surface area contributed by atoms with E-state index in [1.165, 1.54) is 0 Å². The van der Waals surface area contributed by atoms with Gasteiger partial charge in [-0.25, -0.2) is 4.79 Å². The number of hydrogen-bond acceptors (Lipinski definition) is 3. The molecule has 0 aliphatic carbocycles. The summed E-state index contributed by atoms with van der Waals surface area (Å²) >= 11 is 0. The first-order valence-electron chi connectivity index (χ1n) is 6.89. The summed E-state index contributed by atoms with van der Waals surface area (Å²) in [5.74, 6) is -0.123. The van der Waals surface area contributed by atoms with Crippen LogP contribution in [-0.4, -0.2) is 25.5 Å². The molecule has 0 saturated carbocycles. The molecule has 0 heterocycles. The molecule has 0 aliphatic rings. The molecule has 0 fully saturated rings. The van der Waals surface area contributed by atoms with Crippen LogP contribution in [0.15, 0.2) is 24.3 Å². The molecule has 0 spiro atoms. The predicted molar refractivity (Wildman–Crippen MR) is 83.9 cm³/mol. The topological polar surface area (TPSA) is 96.2 Å². The molecule has 3 amide bonds. The molecule has 1 atom stereocenters. The van der Waals surface area contributed by atoms with E-state index in [1.54, 1.807) is 27.0 Å². The standard InChI is InChI=1S/C15H24N4O2/c1-10(16)11-6-5-7-12(8-11)19-14(21)18-9-15(2,3)13(20)17-4/h5-8,10H,9,16H2,1-4H3,(H,17,20)(H2,18,19,21). The van der Waals surface area contributed by atoms with Crippen molar-refractivity contribution in [2.24, 2.45) is 11.1 Å². The Morgan fingerprint density at radius 2 is 2.00 bits per heavy atom. The Bertz CT molecular complexity index is 512. The minimum atomic E-state index is -0.667. The van der Waals surface area contributed by atoms with Gasteiger partial charge in [-0.3, -0.25) is 4.79 Å². The van der Waals surface area contributed by atoms with Crippen LogP contribution < -0.4 is 21.7 Å². The fraction of sp³-hybridized carbons (Fsp3) is 0.467. The van der Waals surface area contributed by atoms with E-state index >= 15 is 0 Å². The molecule has 0 aliphatic heterocycles. The molecule has 6 nitrogen and oxygen atoms in total. The van der Waals surface area contributed by atoms with Gasteiger partial charge in [0.25, 0.3) is 0 Å². The lowest BCUT2D eigenvalue weighted by Gasteiger charge is -2.22. The molecule has 1 aromatic carbocycles.